The third kappa shape index (κ3) is 1.76. The van der Waals surface area contributed by atoms with Gasteiger partial charge in [0.05, 0.1) is 10.6 Å². The summed E-state index contributed by atoms with van der Waals surface area (Å²) in [6.45, 7) is 0. The molecule has 0 saturated heterocycles. The summed E-state index contributed by atoms with van der Waals surface area (Å²) in [6.07, 6.45) is 1.84. The van der Waals surface area contributed by atoms with Gasteiger partial charge >= 0.3 is 0 Å². The van der Waals surface area contributed by atoms with Crippen LogP contribution in [0.4, 0.5) is 4.39 Å². The molecule has 1 aromatic carbocycles. The first kappa shape index (κ1) is 9.86. The van der Waals surface area contributed by atoms with E-state index < -0.39 is 5.82 Å². The van der Waals surface area contributed by atoms with E-state index in [4.69, 9.17) is 11.6 Å². The van der Waals surface area contributed by atoms with E-state index in [0.29, 0.717) is 23.1 Å². The van der Waals surface area contributed by atoms with Crippen LogP contribution in [0.3, 0.4) is 0 Å². The molecule has 0 N–H and O–H groups in total. The molecule has 0 aliphatic carbocycles. The van der Waals surface area contributed by atoms with Crippen molar-refractivity contribution in [3.05, 3.63) is 40.9 Å². The smallest absolute Gasteiger partial charge is 0.155 e. The number of nitrogens with zero attached hydrogens (tertiary/aromatic N) is 1. The van der Waals surface area contributed by atoms with Crippen LogP contribution < -0.4 is 0 Å². The first-order valence-corrected chi connectivity index (χ1v) is 4.45. The van der Waals surface area contributed by atoms with E-state index >= 15 is 0 Å². The molecule has 15 heavy (non-hydrogen) atoms. The van der Waals surface area contributed by atoms with Gasteiger partial charge in [0.25, 0.3) is 0 Å². The average molecular weight is 226 g/mol. The Morgan fingerprint density at radius 2 is 2.27 bits per heavy atom. The van der Waals surface area contributed by atoms with Crippen molar-refractivity contribution in [1.29, 1.82) is 0 Å². The number of hydrogen-bond donors (Lipinski definition) is 0. The maximum Gasteiger partial charge on any atom is 0.155 e. The second kappa shape index (κ2) is 3.82. The molecule has 0 bridgehead atoms. The molecule has 5 heteroatoms. The highest BCUT2D eigenvalue weighted by Crippen LogP contribution is 2.25. The van der Waals surface area contributed by atoms with Gasteiger partial charge in [-0.15, -0.1) is 0 Å². The standard InChI is InChI=1S/C10H5ClFNO2/c11-8-3-6(1-2-9(8)12)10-7(4-14)5-15-13-10/h1-5H. The number of carbonyl (C=O) groups is 1. The summed E-state index contributed by atoms with van der Waals surface area (Å²) < 4.78 is 17.5. The Bertz CT molecular complexity index is 510. The van der Waals surface area contributed by atoms with Crippen molar-refractivity contribution in [3.8, 4) is 11.3 Å². The highest BCUT2D eigenvalue weighted by molar-refractivity contribution is 6.31. The molecular formula is C10H5ClFNO2. The maximum atomic E-state index is 12.9. The SMILES string of the molecule is O=Cc1conc1-c1ccc(F)c(Cl)c1. The zero-order valence-corrected chi connectivity index (χ0v) is 8.16. The summed E-state index contributed by atoms with van der Waals surface area (Å²) in [5.41, 5.74) is 1.20. The topological polar surface area (TPSA) is 43.1 Å². The van der Waals surface area contributed by atoms with Crippen LogP contribution in [0.1, 0.15) is 10.4 Å². The van der Waals surface area contributed by atoms with Gasteiger partial charge in [0, 0.05) is 5.56 Å². The molecule has 2 aromatic rings. The van der Waals surface area contributed by atoms with E-state index in [2.05, 4.69) is 9.68 Å². The monoisotopic (exact) mass is 225 g/mol. The van der Waals surface area contributed by atoms with Gasteiger partial charge in [-0.25, -0.2) is 4.39 Å². The summed E-state index contributed by atoms with van der Waals surface area (Å²) in [5, 5.41) is 3.62. The molecule has 1 heterocycles. The van der Waals surface area contributed by atoms with Crippen molar-refractivity contribution >= 4 is 17.9 Å². The Balaban J connectivity index is 2.54. The van der Waals surface area contributed by atoms with Crippen LogP contribution in [0.5, 0.6) is 0 Å². The minimum atomic E-state index is -0.517. The lowest BCUT2D eigenvalue weighted by atomic mass is 10.1. The molecule has 76 valence electrons. The summed E-state index contributed by atoms with van der Waals surface area (Å²) >= 11 is 5.60. The van der Waals surface area contributed by atoms with E-state index in [1.54, 1.807) is 0 Å². The number of aldehydes is 1. The largest absolute Gasteiger partial charge is 0.363 e. The number of carbonyl (C=O) groups excluding carboxylic acids is 1. The fourth-order valence-corrected chi connectivity index (χ4v) is 1.37. The predicted molar refractivity (Wildman–Crippen MR) is 52.3 cm³/mol. The second-order valence-electron chi connectivity index (χ2n) is 2.87. The Labute approximate surface area is 89.4 Å². The number of aromatic nitrogens is 1. The number of halogens is 2. The zero-order chi connectivity index (χ0) is 10.8. The molecule has 0 fully saturated rings. The molecule has 0 amide bonds. The van der Waals surface area contributed by atoms with Crippen LogP contribution in [0.15, 0.2) is 29.0 Å². The molecule has 2 rings (SSSR count). The summed E-state index contributed by atoms with van der Waals surface area (Å²) in [6, 6.07) is 4.08. The fourth-order valence-electron chi connectivity index (χ4n) is 1.19. The van der Waals surface area contributed by atoms with E-state index in [9.17, 15) is 9.18 Å². The van der Waals surface area contributed by atoms with Crippen LogP contribution in [0.2, 0.25) is 5.02 Å². The van der Waals surface area contributed by atoms with Crippen molar-refractivity contribution < 1.29 is 13.7 Å². The number of benzene rings is 1. The molecule has 0 spiro atoms. The molecule has 3 nitrogen and oxygen atoms in total. The summed E-state index contributed by atoms with van der Waals surface area (Å²) in [7, 11) is 0. The van der Waals surface area contributed by atoms with Crippen molar-refractivity contribution in [2.45, 2.75) is 0 Å². The highest BCUT2D eigenvalue weighted by Gasteiger charge is 2.11. The van der Waals surface area contributed by atoms with Crippen LogP contribution in [0, 0.1) is 5.82 Å². The van der Waals surface area contributed by atoms with Gasteiger partial charge in [0.2, 0.25) is 0 Å². The molecule has 0 unspecified atom stereocenters. The van der Waals surface area contributed by atoms with Crippen molar-refractivity contribution in [2.75, 3.05) is 0 Å². The van der Waals surface area contributed by atoms with Crippen LogP contribution in [-0.2, 0) is 0 Å². The molecular weight excluding hydrogens is 221 g/mol. The predicted octanol–water partition coefficient (Wildman–Crippen LogP) is 2.95. The number of hydrogen-bond acceptors (Lipinski definition) is 3. The molecule has 0 aliphatic heterocycles. The van der Waals surface area contributed by atoms with Gasteiger partial charge < -0.3 is 4.52 Å². The van der Waals surface area contributed by atoms with Gasteiger partial charge in [-0.2, -0.15) is 0 Å². The fraction of sp³-hybridized carbons (Fsp3) is 0. The molecule has 0 saturated carbocycles. The minimum absolute atomic E-state index is 0.0210. The summed E-state index contributed by atoms with van der Waals surface area (Å²) in [4.78, 5) is 10.6. The normalized spacial score (nSPS) is 10.3. The van der Waals surface area contributed by atoms with Crippen molar-refractivity contribution in [3.63, 3.8) is 0 Å². The average Bonchev–Trinajstić information content (AvgIpc) is 2.70. The third-order valence-corrected chi connectivity index (χ3v) is 2.21. The van der Waals surface area contributed by atoms with E-state index in [-0.39, 0.29) is 5.02 Å². The Hall–Kier alpha value is -1.68. The zero-order valence-electron chi connectivity index (χ0n) is 7.41. The lowest BCUT2D eigenvalue weighted by Crippen LogP contribution is -1.85. The van der Waals surface area contributed by atoms with Gasteiger partial charge in [0.1, 0.15) is 17.8 Å². The van der Waals surface area contributed by atoms with Crippen LogP contribution >= 0.6 is 11.6 Å². The third-order valence-electron chi connectivity index (χ3n) is 1.92. The highest BCUT2D eigenvalue weighted by atomic mass is 35.5. The van der Waals surface area contributed by atoms with Crippen molar-refractivity contribution in [2.24, 2.45) is 0 Å². The van der Waals surface area contributed by atoms with Gasteiger partial charge in [-0.3, -0.25) is 4.79 Å². The lowest BCUT2D eigenvalue weighted by molar-refractivity contribution is 0.112. The lowest BCUT2D eigenvalue weighted by Gasteiger charge is -1.98. The molecule has 0 radical (unpaired) electrons. The molecule has 0 atom stereocenters. The van der Waals surface area contributed by atoms with Gasteiger partial charge in [-0.05, 0) is 18.2 Å². The van der Waals surface area contributed by atoms with Gasteiger partial charge in [0.15, 0.2) is 6.29 Å². The first-order chi connectivity index (χ1) is 7.22. The van der Waals surface area contributed by atoms with E-state index in [1.165, 1.54) is 24.5 Å². The van der Waals surface area contributed by atoms with Crippen LogP contribution in [-0.4, -0.2) is 11.4 Å². The minimum Gasteiger partial charge on any atom is -0.363 e. The molecule has 1 aromatic heterocycles. The van der Waals surface area contributed by atoms with E-state index in [1.807, 2.05) is 0 Å². The second-order valence-corrected chi connectivity index (χ2v) is 3.27. The number of rotatable bonds is 2. The maximum absolute atomic E-state index is 12.9. The Morgan fingerprint density at radius 1 is 1.47 bits per heavy atom. The Morgan fingerprint density at radius 3 is 2.93 bits per heavy atom. The van der Waals surface area contributed by atoms with Gasteiger partial charge in [-0.1, -0.05) is 16.8 Å². The Kier molecular flexibility index (Phi) is 2.51. The first-order valence-electron chi connectivity index (χ1n) is 4.07. The molecule has 0 aliphatic rings. The quantitative estimate of drug-likeness (QED) is 0.738. The van der Waals surface area contributed by atoms with E-state index in [0.717, 1.165) is 0 Å². The van der Waals surface area contributed by atoms with Crippen molar-refractivity contribution in [1.82, 2.24) is 5.16 Å². The summed E-state index contributed by atoms with van der Waals surface area (Å²) in [5.74, 6) is -0.517. The van der Waals surface area contributed by atoms with Crippen LogP contribution in [0.25, 0.3) is 11.3 Å².